The number of halogens is 1. The van der Waals surface area contributed by atoms with Crippen molar-refractivity contribution in [3.05, 3.63) is 154 Å². The molecule has 2 atom stereocenters. The lowest BCUT2D eigenvalue weighted by atomic mass is 10.0. The van der Waals surface area contributed by atoms with E-state index in [-0.39, 0.29) is 48.6 Å². The van der Waals surface area contributed by atoms with Crippen molar-refractivity contribution in [1.82, 2.24) is 9.71 Å². The Hall–Kier alpha value is -5.41. The average Bonchev–Trinajstić information content (AvgIpc) is 3.59. The zero-order valence-electron chi connectivity index (χ0n) is 26.9. The highest BCUT2D eigenvalue weighted by atomic mass is 32.1. The number of benzene rings is 4. The van der Waals surface area contributed by atoms with E-state index in [9.17, 15) is 34.4 Å². The van der Waals surface area contributed by atoms with Gasteiger partial charge in [-0.05, 0) is 70.8 Å². The lowest BCUT2D eigenvalue weighted by molar-refractivity contribution is 0.108. The largest absolute Gasteiger partial charge is 0.494 e. The molecule has 2 aromatic heterocycles. The summed E-state index contributed by atoms with van der Waals surface area (Å²) >= 11 is 1.80. The van der Waals surface area contributed by atoms with E-state index in [1.54, 1.807) is 66.7 Å². The van der Waals surface area contributed by atoms with Crippen LogP contribution in [0.5, 0.6) is 29.0 Å². The molecule has 11 nitrogen and oxygen atoms in total. The van der Waals surface area contributed by atoms with Gasteiger partial charge in [-0.2, -0.15) is 0 Å². The summed E-state index contributed by atoms with van der Waals surface area (Å²) in [6.07, 6.45) is -0.366. The Bertz CT molecular complexity index is 2190. The first-order valence-corrected chi connectivity index (χ1v) is 17.4. The van der Waals surface area contributed by atoms with E-state index in [2.05, 4.69) is 4.98 Å². The molecule has 5 N–H and O–H groups in total. The maximum Gasteiger partial charge on any atom is 0.344 e. The van der Waals surface area contributed by atoms with E-state index in [1.807, 2.05) is 12.1 Å². The minimum atomic E-state index is -1.00. The number of aliphatic hydroxyl groups is 2. The van der Waals surface area contributed by atoms with E-state index >= 15 is 0 Å². The van der Waals surface area contributed by atoms with E-state index < -0.39 is 22.7 Å². The summed E-state index contributed by atoms with van der Waals surface area (Å²) in [7, 11) is 0. The third kappa shape index (κ3) is 9.04. The van der Waals surface area contributed by atoms with Crippen LogP contribution in [0.1, 0.15) is 44.0 Å². The fourth-order valence-electron chi connectivity index (χ4n) is 5.20. The molecule has 14 heteroatoms. The van der Waals surface area contributed by atoms with Crippen molar-refractivity contribution in [2.45, 2.75) is 24.9 Å². The SMILES string of the molecule is O=c1[nH]c(O)c(Cc2ccc(OCC(CO)c3cccc(On4c(O)c(Cc5ccc(OCC(O)c6cccc(F)c6)cc5)sc4=O)c3)cc2)s1. The van der Waals surface area contributed by atoms with Gasteiger partial charge >= 0.3 is 9.75 Å². The molecule has 6 aromatic rings. The van der Waals surface area contributed by atoms with Gasteiger partial charge in [0.15, 0.2) is 5.75 Å². The number of thiazole rings is 2. The zero-order chi connectivity index (χ0) is 35.9. The fourth-order valence-corrected chi connectivity index (χ4v) is 6.79. The molecular weight excluding hydrogens is 700 g/mol. The number of aromatic hydroxyl groups is 2. The minimum Gasteiger partial charge on any atom is -0.494 e. The van der Waals surface area contributed by atoms with Crippen LogP contribution in [0.4, 0.5) is 4.39 Å². The number of hydrogen-bond acceptors (Lipinski definition) is 11. The topological polar surface area (TPSA) is 163 Å². The summed E-state index contributed by atoms with van der Waals surface area (Å²) in [5, 5.41) is 41.2. The van der Waals surface area contributed by atoms with Gasteiger partial charge in [0.05, 0.1) is 23.0 Å². The van der Waals surface area contributed by atoms with Crippen LogP contribution in [0, 0.1) is 5.82 Å². The highest BCUT2D eigenvalue weighted by Crippen LogP contribution is 2.28. The van der Waals surface area contributed by atoms with Gasteiger partial charge in [-0.1, -0.05) is 75.9 Å². The Morgan fingerprint density at radius 2 is 1.37 bits per heavy atom. The van der Waals surface area contributed by atoms with Gasteiger partial charge < -0.3 is 34.7 Å². The van der Waals surface area contributed by atoms with Crippen LogP contribution in [0.2, 0.25) is 0 Å². The number of aliphatic hydroxyl groups excluding tert-OH is 2. The molecule has 264 valence electrons. The van der Waals surface area contributed by atoms with E-state index in [4.69, 9.17) is 14.3 Å². The molecule has 0 saturated heterocycles. The molecule has 2 unspecified atom stereocenters. The fraction of sp³-hybridized carbons (Fsp3) is 0.189. The van der Waals surface area contributed by atoms with Gasteiger partial charge in [0.2, 0.25) is 11.8 Å². The third-order valence-electron chi connectivity index (χ3n) is 7.93. The third-order valence-corrected chi connectivity index (χ3v) is 9.72. The Labute approximate surface area is 298 Å². The van der Waals surface area contributed by atoms with Crippen LogP contribution in [0.25, 0.3) is 0 Å². The molecule has 0 aliphatic heterocycles. The van der Waals surface area contributed by atoms with E-state index in [1.165, 1.54) is 18.2 Å². The predicted molar refractivity (Wildman–Crippen MR) is 190 cm³/mol. The number of aromatic nitrogens is 2. The number of nitrogens with one attached hydrogen (secondary N) is 1. The van der Waals surface area contributed by atoms with Crippen LogP contribution in [0.15, 0.2) is 107 Å². The molecule has 0 saturated carbocycles. The number of H-pyrrole nitrogens is 1. The molecule has 0 aliphatic rings. The van der Waals surface area contributed by atoms with Gasteiger partial charge in [0, 0.05) is 18.8 Å². The van der Waals surface area contributed by atoms with Crippen LogP contribution >= 0.6 is 22.7 Å². The first-order valence-electron chi connectivity index (χ1n) is 15.8. The molecule has 0 amide bonds. The van der Waals surface area contributed by atoms with Crippen molar-refractivity contribution in [2.24, 2.45) is 0 Å². The summed E-state index contributed by atoms with van der Waals surface area (Å²) in [5.41, 5.74) is 2.77. The standard InChI is InChI=1S/C37H33FN2O9S2/c38-27-5-1-4-25(17-27)31(42)21-48-29-13-9-23(10-14-29)16-33-35(44)40(37(46)51-33)49-30-6-2-3-24(18-30)26(19-41)20-47-28-11-7-22(8-12-28)15-32-34(43)39-36(45)50-32/h1-14,17-18,26,31,41-44H,15-16,19-21H2,(H,39,45). The molecule has 4 aromatic carbocycles. The molecule has 0 aliphatic carbocycles. The maximum atomic E-state index is 13.5. The van der Waals surface area contributed by atoms with E-state index in [0.29, 0.717) is 38.8 Å². The number of hydrogen-bond donors (Lipinski definition) is 5. The lowest BCUT2D eigenvalue weighted by Gasteiger charge is -2.17. The van der Waals surface area contributed by atoms with Crippen LogP contribution in [-0.2, 0) is 12.8 Å². The number of nitrogens with zero attached hydrogens (tertiary/aromatic N) is 1. The minimum absolute atomic E-state index is 0.0675. The van der Waals surface area contributed by atoms with Gasteiger partial charge in [-0.15, -0.1) is 0 Å². The van der Waals surface area contributed by atoms with Crippen molar-refractivity contribution in [3.63, 3.8) is 0 Å². The Morgan fingerprint density at radius 3 is 2.00 bits per heavy atom. The molecule has 0 radical (unpaired) electrons. The van der Waals surface area contributed by atoms with Gasteiger partial charge in [-0.25, -0.2) is 4.39 Å². The number of rotatable bonds is 15. The quantitative estimate of drug-likeness (QED) is 0.0918. The highest BCUT2D eigenvalue weighted by molar-refractivity contribution is 7.09. The van der Waals surface area contributed by atoms with Crippen LogP contribution in [0.3, 0.4) is 0 Å². The van der Waals surface area contributed by atoms with Crippen molar-refractivity contribution in [1.29, 1.82) is 0 Å². The van der Waals surface area contributed by atoms with E-state index in [0.717, 1.165) is 38.5 Å². The Morgan fingerprint density at radius 1 is 0.745 bits per heavy atom. The summed E-state index contributed by atoms with van der Waals surface area (Å²) in [4.78, 5) is 32.5. The average molecular weight is 733 g/mol. The molecule has 0 fully saturated rings. The second kappa shape index (κ2) is 16.1. The Balaban J connectivity index is 1.04. The summed E-state index contributed by atoms with van der Waals surface area (Å²) < 4.78 is 25.8. The summed E-state index contributed by atoms with van der Waals surface area (Å²) in [6.45, 7) is -0.148. The number of aromatic amines is 1. The summed E-state index contributed by atoms with van der Waals surface area (Å²) in [6, 6.07) is 26.6. The predicted octanol–water partition coefficient (Wildman–Crippen LogP) is 5.50. The van der Waals surface area contributed by atoms with Crippen molar-refractivity contribution in [3.8, 4) is 29.0 Å². The van der Waals surface area contributed by atoms with Gasteiger partial charge in [0.1, 0.15) is 30.0 Å². The Kier molecular flexibility index (Phi) is 11.2. The van der Waals surface area contributed by atoms with Gasteiger partial charge in [0.25, 0.3) is 0 Å². The molecule has 2 heterocycles. The highest BCUT2D eigenvalue weighted by Gasteiger charge is 2.19. The normalized spacial score (nSPS) is 12.4. The monoisotopic (exact) mass is 732 g/mol. The molecular formula is C37H33FN2O9S2. The van der Waals surface area contributed by atoms with Crippen LogP contribution in [-0.4, -0.2) is 50.0 Å². The smallest absolute Gasteiger partial charge is 0.344 e. The second-order valence-corrected chi connectivity index (χ2v) is 13.7. The lowest BCUT2D eigenvalue weighted by Crippen LogP contribution is -2.18. The first kappa shape index (κ1) is 35.4. The van der Waals surface area contributed by atoms with Crippen molar-refractivity contribution < 1.29 is 39.1 Å². The zero-order valence-corrected chi connectivity index (χ0v) is 28.5. The maximum absolute atomic E-state index is 13.5. The first-order chi connectivity index (χ1) is 24.6. The molecule has 51 heavy (non-hydrogen) atoms. The van der Waals surface area contributed by atoms with Gasteiger partial charge in [-0.3, -0.25) is 14.6 Å². The number of ether oxygens (including phenoxy) is 2. The summed E-state index contributed by atoms with van der Waals surface area (Å²) in [5.74, 6) is -0.00273. The van der Waals surface area contributed by atoms with Crippen molar-refractivity contribution >= 4 is 22.7 Å². The van der Waals surface area contributed by atoms with Crippen LogP contribution < -0.4 is 24.1 Å². The van der Waals surface area contributed by atoms with Crippen molar-refractivity contribution in [2.75, 3.05) is 19.8 Å². The molecule has 0 spiro atoms. The molecule has 0 bridgehead atoms. The molecule has 6 rings (SSSR count). The second-order valence-electron chi connectivity index (χ2n) is 11.6.